The van der Waals surface area contributed by atoms with E-state index < -0.39 is 11.7 Å². The summed E-state index contributed by atoms with van der Waals surface area (Å²) in [6.07, 6.45) is -4.39. The fraction of sp³-hybridized carbons (Fsp3) is 0.136. The summed E-state index contributed by atoms with van der Waals surface area (Å²) in [5, 5.41) is 2.15. The number of nitrogens with zero attached hydrogens (tertiary/aromatic N) is 1. The fourth-order valence-corrected chi connectivity index (χ4v) is 3.23. The Hall–Kier alpha value is -2.88. The Morgan fingerprint density at radius 2 is 1.35 bits per heavy atom. The first-order chi connectivity index (χ1) is 12.3. The van der Waals surface area contributed by atoms with Crippen molar-refractivity contribution in [1.82, 2.24) is 4.98 Å². The minimum Gasteiger partial charge on any atom is -0.247 e. The number of benzene rings is 3. The van der Waals surface area contributed by atoms with Crippen LogP contribution in [0.5, 0.6) is 0 Å². The van der Waals surface area contributed by atoms with Crippen LogP contribution in [-0.2, 0) is 6.18 Å². The maximum absolute atomic E-state index is 13.2. The zero-order valence-electron chi connectivity index (χ0n) is 14.4. The SMILES string of the molecule is Cc1ccc(-c2nc3cc(C)ccc3c3ccc(C(F)(F)F)cc23)cc1. The normalized spacial score (nSPS) is 12.0. The van der Waals surface area contributed by atoms with E-state index in [9.17, 15) is 13.2 Å². The van der Waals surface area contributed by atoms with E-state index in [0.29, 0.717) is 11.1 Å². The summed E-state index contributed by atoms with van der Waals surface area (Å²) in [6.45, 7) is 3.95. The van der Waals surface area contributed by atoms with Crippen molar-refractivity contribution in [3.63, 3.8) is 0 Å². The lowest BCUT2D eigenvalue weighted by molar-refractivity contribution is -0.137. The Labute approximate surface area is 149 Å². The Morgan fingerprint density at radius 3 is 2.04 bits per heavy atom. The van der Waals surface area contributed by atoms with Crippen molar-refractivity contribution in [3.05, 3.63) is 77.4 Å². The monoisotopic (exact) mass is 351 g/mol. The molecular formula is C22H16F3N. The van der Waals surface area contributed by atoms with E-state index in [1.165, 1.54) is 6.07 Å². The summed E-state index contributed by atoms with van der Waals surface area (Å²) in [5.74, 6) is 0. The molecule has 0 fully saturated rings. The van der Waals surface area contributed by atoms with Crippen molar-refractivity contribution >= 4 is 21.7 Å². The Morgan fingerprint density at radius 1 is 0.692 bits per heavy atom. The van der Waals surface area contributed by atoms with E-state index in [1.54, 1.807) is 6.07 Å². The molecule has 1 heterocycles. The van der Waals surface area contributed by atoms with Gasteiger partial charge >= 0.3 is 6.18 Å². The molecule has 4 aromatic rings. The van der Waals surface area contributed by atoms with Crippen molar-refractivity contribution in [2.75, 3.05) is 0 Å². The van der Waals surface area contributed by atoms with Crippen LogP contribution in [0.2, 0.25) is 0 Å². The van der Waals surface area contributed by atoms with Crippen molar-refractivity contribution in [1.29, 1.82) is 0 Å². The van der Waals surface area contributed by atoms with Crippen LogP contribution in [0.1, 0.15) is 16.7 Å². The molecule has 0 saturated carbocycles. The Bertz CT molecular complexity index is 1130. The molecule has 0 radical (unpaired) electrons. The lowest BCUT2D eigenvalue weighted by atomic mass is 9.97. The van der Waals surface area contributed by atoms with Gasteiger partial charge < -0.3 is 0 Å². The van der Waals surface area contributed by atoms with Gasteiger partial charge in [-0.05, 0) is 43.0 Å². The maximum atomic E-state index is 13.2. The summed E-state index contributed by atoms with van der Waals surface area (Å²) in [6, 6.07) is 17.4. The van der Waals surface area contributed by atoms with E-state index in [0.717, 1.165) is 39.0 Å². The summed E-state index contributed by atoms with van der Waals surface area (Å²) in [7, 11) is 0. The second kappa shape index (κ2) is 5.84. The van der Waals surface area contributed by atoms with Gasteiger partial charge in [0.05, 0.1) is 16.8 Å². The third-order valence-electron chi connectivity index (χ3n) is 4.60. The van der Waals surface area contributed by atoms with Crippen molar-refractivity contribution < 1.29 is 13.2 Å². The first kappa shape index (κ1) is 16.6. The van der Waals surface area contributed by atoms with Gasteiger partial charge in [-0.25, -0.2) is 4.98 Å². The number of aromatic nitrogens is 1. The van der Waals surface area contributed by atoms with Crippen LogP contribution in [0.25, 0.3) is 32.9 Å². The standard InChI is InChI=1S/C22H16F3N/c1-13-3-6-15(7-4-13)21-19-12-16(22(23,24)25)8-10-17(19)18-9-5-14(2)11-20(18)26-21/h3-12H,1-2H3. The highest BCUT2D eigenvalue weighted by molar-refractivity contribution is 6.11. The van der Waals surface area contributed by atoms with Crippen LogP contribution >= 0.6 is 0 Å². The van der Waals surface area contributed by atoms with Crippen LogP contribution in [0, 0.1) is 13.8 Å². The number of halogens is 3. The molecule has 1 aromatic heterocycles. The molecule has 26 heavy (non-hydrogen) atoms. The fourth-order valence-electron chi connectivity index (χ4n) is 3.23. The molecule has 0 aliphatic carbocycles. The quantitative estimate of drug-likeness (QED) is 0.348. The zero-order valence-corrected chi connectivity index (χ0v) is 14.4. The van der Waals surface area contributed by atoms with Crippen molar-refractivity contribution in [3.8, 4) is 11.3 Å². The van der Waals surface area contributed by atoms with Gasteiger partial charge in [-0.2, -0.15) is 13.2 Å². The summed E-state index contributed by atoms with van der Waals surface area (Å²) in [5.41, 5.74) is 3.66. The van der Waals surface area contributed by atoms with Gasteiger partial charge in [0.1, 0.15) is 0 Å². The third kappa shape index (κ3) is 2.81. The molecule has 0 bridgehead atoms. The molecule has 0 amide bonds. The molecule has 0 aliphatic rings. The van der Waals surface area contributed by atoms with Crippen molar-refractivity contribution in [2.45, 2.75) is 20.0 Å². The van der Waals surface area contributed by atoms with Crippen LogP contribution in [-0.4, -0.2) is 4.98 Å². The third-order valence-corrected chi connectivity index (χ3v) is 4.60. The minimum absolute atomic E-state index is 0.514. The van der Waals surface area contributed by atoms with E-state index in [4.69, 9.17) is 4.98 Å². The lowest BCUT2D eigenvalue weighted by Crippen LogP contribution is -2.04. The van der Waals surface area contributed by atoms with Crippen LogP contribution in [0.3, 0.4) is 0 Å². The summed E-state index contributed by atoms with van der Waals surface area (Å²) >= 11 is 0. The molecule has 0 saturated heterocycles. The Kier molecular flexibility index (Phi) is 3.72. The molecule has 3 aromatic carbocycles. The highest BCUT2D eigenvalue weighted by atomic mass is 19.4. The molecule has 0 spiro atoms. The van der Waals surface area contributed by atoms with E-state index in [2.05, 4.69) is 0 Å². The average molecular weight is 351 g/mol. The van der Waals surface area contributed by atoms with Crippen molar-refractivity contribution in [2.24, 2.45) is 0 Å². The predicted octanol–water partition coefficient (Wildman–Crippen LogP) is 6.69. The van der Waals surface area contributed by atoms with Gasteiger partial charge in [0, 0.05) is 16.3 Å². The summed E-state index contributed by atoms with van der Waals surface area (Å²) < 4.78 is 39.7. The first-order valence-electron chi connectivity index (χ1n) is 8.31. The molecule has 4 rings (SSSR count). The average Bonchev–Trinajstić information content (AvgIpc) is 2.60. The predicted molar refractivity (Wildman–Crippen MR) is 99.2 cm³/mol. The van der Waals surface area contributed by atoms with Gasteiger partial charge in [-0.3, -0.25) is 0 Å². The topological polar surface area (TPSA) is 12.9 Å². The smallest absolute Gasteiger partial charge is 0.247 e. The highest BCUT2D eigenvalue weighted by Gasteiger charge is 2.31. The molecule has 0 atom stereocenters. The van der Waals surface area contributed by atoms with E-state index in [1.807, 2.05) is 56.3 Å². The van der Waals surface area contributed by atoms with Gasteiger partial charge in [0.2, 0.25) is 0 Å². The van der Waals surface area contributed by atoms with Crippen LogP contribution < -0.4 is 0 Å². The Balaban J connectivity index is 2.12. The largest absolute Gasteiger partial charge is 0.416 e. The molecule has 0 aliphatic heterocycles. The second-order valence-electron chi connectivity index (χ2n) is 6.61. The number of hydrogen-bond donors (Lipinski definition) is 0. The van der Waals surface area contributed by atoms with E-state index >= 15 is 0 Å². The van der Waals surface area contributed by atoms with Crippen LogP contribution in [0.15, 0.2) is 60.7 Å². The number of pyridine rings is 1. The number of hydrogen-bond acceptors (Lipinski definition) is 1. The molecule has 130 valence electrons. The first-order valence-corrected chi connectivity index (χ1v) is 8.31. The van der Waals surface area contributed by atoms with E-state index in [-0.39, 0.29) is 0 Å². The zero-order chi connectivity index (χ0) is 18.5. The molecule has 0 N–H and O–H groups in total. The van der Waals surface area contributed by atoms with Crippen LogP contribution in [0.4, 0.5) is 13.2 Å². The molecule has 4 heteroatoms. The molecular weight excluding hydrogens is 335 g/mol. The second-order valence-corrected chi connectivity index (χ2v) is 6.61. The minimum atomic E-state index is -4.39. The highest BCUT2D eigenvalue weighted by Crippen LogP contribution is 2.37. The van der Waals surface area contributed by atoms with Gasteiger partial charge in [0.15, 0.2) is 0 Å². The maximum Gasteiger partial charge on any atom is 0.416 e. The van der Waals surface area contributed by atoms with Gasteiger partial charge in [-0.15, -0.1) is 0 Å². The number of rotatable bonds is 1. The molecule has 0 unspecified atom stereocenters. The number of fused-ring (bicyclic) bond motifs is 3. The lowest BCUT2D eigenvalue weighted by Gasteiger charge is -2.13. The summed E-state index contributed by atoms with van der Waals surface area (Å²) in [4.78, 5) is 4.72. The van der Waals surface area contributed by atoms with Gasteiger partial charge in [-0.1, -0.05) is 48.0 Å². The number of aryl methyl sites for hydroxylation is 2. The number of alkyl halides is 3. The molecule has 1 nitrogen and oxygen atoms in total. The van der Waals surface area contributed by atoms with Gasteiger partial charge in [0.25, 0.3) is 0 Å².